The Morgan fingerprint density at radius 3 is 1.39 bits per heavy atom. The number of cyclic esters (lactones) is 2. The van der Waals surface area contributed by atoms with Gasteiger partial charge in [0.15, 0.2) is 28.6 Å². The molecule has 17 nitrogen and oxygen atoms in total. The number of pyridine rings is 2. The maximum absolute atomic E-state index is 13.6. The van der Waals surface area contributed by atoms with Crippen LogP contribution in [-0.2, 0) is 49.5 Å². The number of nitrogens with one attached hydrogen (secondary N) is 2. The molecule has 2 amide bonds. The molecule has 0 radical (unpaired) electrons. The second-order valence-corrected chi connectivity index (χ2v) is 23.6. The maximum Gasteiger partial charge on any atom is 0.573 e. The Morgan fingerprint density at radius 2 is 0.978 bits per heavy atom. The van der Waals surface area contributed by atoms with Crippen molar-refractivity contribution in [3.63, 3.8) is 0 Å². The van der Waals surface area contributed by atoms with Crippen LogP contribution in [0.3, 0.4) is 0 Å². The van der Waals surface area contributed by atoms with E-state index in [9.17, 15) is 55.4 Å². The summed E-state index contributed by atoms with van der Waals surface area (Å²) in [6.45, 7) is 6.93. The smallest absolute Gasteiger partial charge is 0.503 e. The number of methoxy groups -OCH3 is 2. The lowest BCUT2D eigenvalue weighted by Crippen LogP contribution is -2.43. The van der Waals surface area contributed by atoms with E-state index in [-0.39, 0.29) is 63.8 Å². The molecular weight excluding hydrogens is 1220 g/mol. The molecule has 3 N–H and O–H groups in total. The molecule has 4 heterocycles. The van der Waals surface area contributed by atoms with Gasteiger partial charge in [-0.25, -0.2) is 19.6 Å². The van der Waals surface area contributed by atoms with Crippen molar-refractivity contribution in [3.8, 4) is 34.5 Å². The number of aromatic hydroxyl groups is 1. The third-order valence-corrected chi connectivity index (χ3v) is 16.7. The van der Waals surface area contributed by atoms with E-state index in [1.54, 1.807) is 38.1 Å². The predicted octanol–water partition coefficient (Wildman–Crippen LogP) is 13.7. The minimum Gasteiger partial charge on any atom is -0.503 e. The minimum absolute atomic E-state index is 0.0787. The quantitative estimate of drug-likeness (QED) is 0.0425. The molecule has 0 unspecified atom stereocenters. The zero-order valence-corrected chi connectivity index (χ0v) is 52.8. The van der Waals surface area contributed by atoms with Crippen molar-refractivity contribution in [3.05, 3.63) is 167 Å². The normalized spacial score (nSPS) is 20.4. The van der Waals surface area contributed by atoms with Crippen LogP contribution in [0, 0.1) is 29.6 Å². The lowest BCUT2D eigenvalue weighted by molar-refractivity contribution is -0.275. The van der Waals surface area contributed by atoms with Gasteiger partial charge in [0, 0.05) is 36.4 Å². The second-order valence-electron chi connectivity index (χ2n) is 23.6. The highest BCUT2D eigenvalue weighted by atomic mass is 19.4. The van der Waals surface area contributed by atoms with E-state index in [2.05, 4.69) is 54.3 Å². The number of halogens is 6. The van der Waals surface area contributed by atoms with Crippen molar-refractivity contribution in [1.29, 1.82) is 0 Å². The summed E-state index contributed by atoms with van der Waals surface area (Å²) < 4.78 is 112. The van der Waals surface area contributed by atoms with Crippen molar-refractivity contribution in [2.45, 2.75) is 155 Å². The van der Waals surface area contributed by atoms with Gasteiger partial charge in [0.1, 0.15) is 35.8 Å². The van der Waals surface area contributed by atoms with Gasteiger partial charge in [0.25, 0.3) is 11.8 Å². The molecule has 500 valence electrons. The number of amides is 2. The Balaban J connectivity index is 0.000000265. The third-order valence-electron chi connectivity index (χ3n) is 16.7. The molecule has 2 saturated heterocycles. The van der Waals surface area contributed by atoms with Gasteiger partial charge in [-0.2, -0.15) is 0 Å². The molecule has 2 aliphatic rings. The lowest BCUT2D eigenvalue weighted by Gasteiger charge is -2.31. The van der Waals surface area contributed by atoms with Crippen LogP contribution in [0.2, 0.25) is 0 Å². The summed E-state index contributed by atoms with van der Waals surface area (Å²) in [5, 5.41) is 15.8. The summed E-state index contributed by atoms with van der Waals surface area (Å²) in [5.74, 6) is -4.70. The Hall–Kier alpha value is -8.89. The fourth-order valence-corrected chi connectivity index (χ4v) is 11.9. The summed E-state index contributed by atoms with van der Waals surface area (Å²) in [7, 11) is 2.73. The first-order chi connectivity index (χ1) is 44.4. The first kappa shape index (κ1) is 71.5. The van der Waals surface area contributed by atoms with Gasteiger partial charge < -0.3 is 48.9 Å². The average Bonchev–Trinajstić information content (AvgIpc) is 1.90. The van der Waals surface area contributed by atoms with Gasteiger partial charge in [0.05, 0.1) is 20.1 Å². The molecule has 0 saturated carbocycles. The van der Waals surface area contributed by atoms with Gasteiger partial charge in [0.2, 0.25) is 5.75 Å². The van der Waals surface area contributed by atoms with E-state index in [0.29, 0.717) is 38.5 Å². The standard InChI is InChI=1S/C37H43F3N2O7.C33H37F3N2O6/c1-23(2)35(44)48-33-31(46-4)20-21-41-32(33)34(43)42-30-15-9-14-27(13-8-12-25-10-6-5-7-11-25)29(24(3)47-36(30)45)22-26-16-18-28(19-17-26)49-37(38,39)40;1-21-26(20-23-14-16-25(17-15-23)44-33(34,35)36)24(11-6-10-22-8-4-3-5-9-22)12-7-13-27(32(41)43-21)38-31(40)29-30(39)28(42-2)18-19-37-29/h5-7,10-11,16-21,23-24,27,29-30H,8-9,12-15,22H2,1-4H3,(H,42,43);3-5,8-9,14-19,21,24,26-27,39H,6-7,10-13,20H2,1-2H3,(H,38,40)/t24-,27-,29-,30-;21-,24-,26-,27-/m00/s1. The maximum atomic E-state index is 13.6. The number of esters is 3. The SMILES string of the molecule is COc1ccnc(C(=O)N[C@H]2CCC[C@H](CCCc3ccccc3)[C@@H](Cc3ccc(OC(F)(F)F)cc3)[C@H](C)OC2=O)c1O.COc1ccnc(C(=O)N[C@H]2CCC[C@H](CCCc3ccccc3)[C@@H](Cc3ccc(OC(F)(F)F)cc3)[C@H](C)OC2=O)c1OC(=O)C(C)C. The van der Waals surface area contributed by atoms with Gasteiger partial charge >= 0.3 is 30.6 Å². The zero-order chi connectivity index (χ0) is 67.2. The van der Waals surface area contributed by atoms with Crippen LogP contribution in [-0.4, -0.2) is 96.0 Å². The van der Waals surface area contributed by atoms with Gasteiger partial charge in [-0.15, -0.1) is 26.3 Å². The van der Waals surface area contributed by atoms with Crippen LogP contribution in [0.15, 0.2) is 134 Å². The number of ether oxygens (including phenoxy) is 7. The van der Waals surface area contributed by atoms with Crippen molar-refractivity contribution in [2.75, 3.05) is 14.2 Å². The number of hydrogen-bond acceptors (Lipinski definition) is 15. The summed E-state index contributed by atoms with van der Waals surface area (Å²) >= 11 is 0. The Morgan fingerprint density at radius 1 is 0.570 bits per heavy atom. The number of benzene rings is 4. The van der Waals surface area contributed by atoms with Gasteiger partial charge in [-0.1, -0.05) is 112 Å². The largest absolute Gasteiger partial charge is 0.573 e. The highest BCUT2D eigenvalue weighted by Crippen LogP contribution is 2.38. The Labute approximate surface area is 537 Å². The van der Waals surface area contributed by atoms with Crippen molar-refractivity contribution >= 4 is 29.7 Å². The summed E-state index contributed by atoms with van der Waals surface area (Å²) in [6.07, 6.45) is 1.51. The number of carbonyl (C=O) groups is 5. The van der Waals surface area contributed by atoms with Crippen LogP contribution < -0.4 is 34.3 Å². The average molecular weight is 1300 g/mol. The summed E-state index contributed by atoms with van der Waals surface area (Å²) in [4.78, 5) is 73.9. The molecular formula is C70H80F6N4O13. The predicted molar refractivity (Wildman–Crippen MR) is 331 cm³/mol. The number of aromatic nitrogens is 2. The fraction of sp³-hybridized carbons (Fsp3) is 0.443. The molecule has 0 aliphatic carbocycles. The molecule has 4 aromatic carbocycles. The van der Waals surface area contributed by atoms with Gasteiger partial charge in [-0.05, 0) is 149 Å². The van der Waals surface area contributed by atoms with Crippen LogP contribution in [0.25, 0.3) is 0 Å². The van der Waals surface area contributed by atoms with E-state index in [4.69, 9.17) is 23.7 Å². The molecule has 8 atom stereocenters. The second kappa shape index (κ2) is 34.1. The van der Waals surface area contributed by atoms with Crippen LogP contribution in [0.4, 0.5) is 26.3 Å². The van der Waals surface area contributed by atoms with Crippen LogP contribution in [0.1, 0.15) is 135 Å². The molecule has 0 bridgehead atoms. The minimum atomic E-state index is -4.79. The van der Waals surface area contributed by atoms with E-state index >= 15 is 0 Å². The third kappa shape index (κ3) is 22.2. The van der Waals surface area contributed by atoms with Gasteiger partial charge in [-0.3, -0.25) is 14.4 Å². The molecule has 23 heteroatoms. The number of rotatable bonds is 22. The number of carbonyl (C=O) groups excluding carboxylic acids is 5. The van der Waals surface area contributed by atoms with E-state index in [0.717, 1.165) is 62.5 Å². The van der Waals surface area contributed by atoms with E-state index in [1.165, 1.54) is 74.1 Å². The Kier molecular flexibility index (Phi) is 26.3. The summed E-state index contributed by atoms with van der Waals surface area (Å²) in [5.41, 5.74) is 3.55. The first-order valence-corrected chi connectivity index (χ1v) is 31.1. The van der Waals surface area contributed by atoms with Crippen molar-refractivity contribution in [1.82, 2.24) is 20.6 Å². The number of alkyl halides is 6. The fourth-order valence-electron chi connectivity index (χ4n) is 11.9. The summed E-state index contributed by atoms with van der Waals surface area (Å²) in [6, 6.07) is 32.7. The van der Waals surface area contributed by atoms with Crippen LogP contribution in [0.5, 0.6) is 34.5 Å². The molecule has 2 aromatic heterocycles. The molecule has 8 rings (SSSR count). The Bertz CT molecular complexity index is 3380. The number of hydrogen-bond donors (Lipinski definition) is 3. The molecule has 93 heavy (non-hydrogen) atoms. The van der Waals surface area contributed by atoms with E-state index < -0.39 is 78.4 Å². The highest BCUT2D eigenvalue weighted by molar-refractivity contribution is 5.99. The van der Waals surface area contributed by atoms with Crippen molar-refractivity contribution < 1.29 is 88.6 Å². The van der Waals surface area contributed by atoms with Crippen molar-refractivity contribution in [2.24, 2.45) is 29.6 Å². The molecule has 2 aliphatic heterocycles. The molecule has 6 aromatic rings. The topological polar surface area (TPSA) is 220 Å². The van der Waals surface area contributed by atoms with Crippen LogP contribution >= 0.6 is 0 Å². The lowest BCUT2D eigenvalue weighted by atomic mass is 9.77. The van der Waals surface area contributed by atoms with E-state index in [1.807, 2.05) is 50.2 Å². The monoisotopic (exact) mass is 1300 g/mol. The first-order valence-electron chi connectivity index (χ1n) is 31.1. The zero-order valence-electron chi connectivity index (χ0n) is 52.8. The highest BCUT2D eigenvalue weighted by Gasteiger charge is 2.38. The molecule has 0 spiro atoms. The number of nitrogens with zero attached hydrogens (tertiary/aromatic N) is 2. The molecule has 2 fully saturated rings. The number of aryl methyl sites for hydroxylation is 2.